The van der Waals surface area contributed by atoms with Gasteiger partial charge in [-0.1, -0.05) is 29.8 Å². The molecule has 1 aliphatic rings. The number of nitrogens with two attached hydrogens (primary N) is 1. The Bertz CT molecular complexity index is 625. The first-order valence-electron chi connectivity index (χ1n) is 6.79. The average molecular weight is 289 g/mol. The minimum atomic E-state index is 0.0602. The number of anilines is 2. The van der Waals surface area contributed by atoms with E-state index in [1.54, 1.807) is 6.07 Å². The third-order valence-electron chi connectivity index (χ3n) is 3.44. The van der Waals surface area contributed by atoms with Gasteiger partial charge in [0.05, 0.1) is 6.04 Å². The van der Waals surface area contributed by atoms with Crippen molar-refractivity contribution in [2.75, 3.05) is 11.1 Å². The van der Waals surface area contributed by atoms with E-state index in [-0.39, 0.29) is 6.04 Å². The van der Waals surface area contributed by atoms with E-state index in [0.29, 0.717) is 11.7 Å². The van der Waals surface area contributed by atoms with Crippen LogP contribution in [0.3, 0.4) is 0 Å². The molecular formula is C15H17ClN4. The van der Waals surface area contributed by atoms with Crippen molar-refractivity contribution < 1.29 is 0 Å². The summed E-state index contributed by atoms with van der Waals surface area (Å²) in [4.78, 5) is 8.84. The van der Waals surface area contributed by atoms with E-state index in [2.05, 4.69) is 22.2 Å². The lowest BCUT2D eigenvalue weighted by Crippen LogP contribution is -2.10. The average Bonchev–Trinajstić information content (AvgIpc) is 3.22. The number of nitrogens with zero attached hydrogens (tertiary/aromatic N) is 2. The van der Waals surface area contributed by atoms with Gasteiger partial charge in [0.2, 0.25) is 0 Å². The third kappa shape index (κ3) is 2.85. The summed E-state index contributed by atoms with van der Waals surface area (Å²) in [7, 11) is 0. The Kier molecular flexibility index (Phi) is 3.49. The number of benzene rings is 1. The first kappa shape index (κ1) is 13.2. The fourth-order valence-corrected chi connectivity index (χ4v) is 2.51. The highest BCUT2D eigenvalue weighted by atomic mass is 35.5. The van der Waals surface area contributed by atoms with Crippen molar-refractivity contribution in [2.24, 2.45) is 0 Å². The second-order valence-corrected chi connectivity index (χ2v) is 5.61. The van der Waals surface area contributed by atoms with Crippen molar-refractivity contribution >= 4 is 23.2 Å². The van der Waals surface area contributed by atoms with Crippen LogP contribution >= 0.6 is 11.6 Å². The maximum Gasteiger partial charge on any atom is 0.136 e. The van der Waals surface area contributed by atoms with Gasteiger partial charge < -0.3 is 11.1 Å². The molecule has 5 heteroatoms. The minimum absolute atomic E-state index is 0.0602. The van der Waals surface area contributed by atoms with Crippen LogP contribution in [0.4, 0.5) is 11.6 Å². The fraction of sp³-hybridized carbons (Fsp3) is 0.333. The lowest BCUT2D eigenvalue weighted by Gasteiger charge is -2.17. The van der Waals surface area contributed by atoms with Crippen LogP contribution in [0.25, 0.3) is 0 Å². The number of hydrogen-bond acceptors (Lipinski definition) is 4. The summed E-state index contributed by atoms with van der Waals surface area (Å²) in [5.41, 5.74) is 6.89. The van der Waals surface area contributed by atoms with Gasteiger partial charge in [0, 0.05) is 17.0 Å². The Morgan fingerprint density at radius 3 is 2.75 bits per heavy atom. The summed E-state index contributed by atoms with van der Waals surface area (Å²) >= 11 is 6.21. The van der Waals surface area contributed by atoms with E-state index in [0.717, 1.165) is 35.1 Å². The molecule has 0 amide bonds. The quantitative estimate of drug-likeness (QED) is 0.899. The van der Waals surface area contributed by atoms with Crippen LogP contribution in [0.2, 0.25) is 5.02 Å². The maximum absolute atomic E-state index is 6.21. The van der Waals surface area contributed by atoms with Gasteiger partial charge in [-0.25, -0.2) is 9.97 Å². The molecule has 1 atom stereocenters. The van der Waals surface area contributed by atoms with Crippen LogP contribution in [-0.2, 0) is 0 Å². The molecule has 0 spiro atoms. The SMILES string of the molecule is CC(Nc1cc(N)nc(C2CC2)n1)c1ccccc1Cl. The highest BCUT2D eigenvalue weighted by Gasteiger charge is 2.27. The van der Waals surface area contributed by atoms with Gasteiger partial charge in [0.15, 0.2) is 0 Å². The van der Waals surface area contributed by atoms with Crippen molar-refractivity contribution in [2.45, 2.75) is 31.7 Å². The minimum Gasteiger partial charge on any atom is -0.384 e. The summed E-state index contributed by atoms with van der Waals surface area (Å²) < 4.78 is 0. The van der Waals surface area contributed by atoms with Crippen molar-refractivity contribution in [3.8, 4) is 0 Å². The van der Waals surface area contributed by atoms with Crippen LogP contribution in [0.15, 0.2) is 30.3 Å². The van der Waals surface area contributed by atoms with Gasteiger partial charge in [0.1, 0.15) is 17.5 Å². The molecule has 1 aromatic heterocycles. The molecule has 3 rings (SSSR count). The predicted octanol–water partition coefficient (Wildman–Crippen LogP) is 3.76. The molecular weight excluding hydrogens is 272 g/mol. The van der Waals surface area contributed by atoms with Gasteiger partial charge in [-0.15, -0.1) is 0 Å². The van der Waals surface area contributed by atoms with Crippen LogP contribution in [0, 0.1) is 0 Å². The molecule has 0 radical (unpaired) electrons. The van der Waals surface area contributed by atoms with Crippen LogP contribution in [0.1, 0.15) is 43.1 Å². The predicted molar refractivity (Wildman–Crippen MR) is 81.9 cm³/mol. The molecule has 4 nitrogen and oxygen atoms in total. The summed E-state index contributed by atoms with van der Waals surface area (Å²) in [5.74, 6) is 2.59. The number of halogens is 1. The van der Waals surface area contributed by atoms with Crippen LogP contribution in [0.5, 0.6) is 0 Å². The zero-order valence-electron chi connectivity index (χ0n) is 11.3. The second kappa shape index (κ2) is 5.29. The Labute approximate surface area is 123 Å². The lowest BCUT2D eigenvalue weighted by atomic mass is 10.1. The number of hydrogen-bond donors (Lipinski definition) is 2. The molecule has 1 aromatic carbocycles. The molecule has 0 bridgehead atoms. The molecule has 3 N–H and O–H groups in total. The molecule has 1 aliphatic carbocycles. The van der Waals surface area contributed by atoms with E-state index in [1.807, 2.05) is 24.3 Å². The zero-order valence-corrected chi connectivity index (χ0v) is 12.1. The van der Waals surface area contributed by atoms with E-state index >= 15 is 0 Å². The van der Waals surface area contributed by atoms with Crippen LogP contribution < -0.4 is 11.1 Å². The monoisotopic (exact) mass is 288 g/mol. The molecule has 1 fully saturated rings. The molecule has 0 saturated heterocycles. The second-order valence-electron chi connectivity index (χ2n) is 5.20. The van der Waals surface area contributed by atoms with Crippen molar-refractivity contribution in [1.82, 2.24) is 9.97 Å². The Balaban J connectivity index is 1.82. The van der Waals surface area contributed by atoms with Gasteiger partial charge in [-0.2, -0.15) is 0 Å². The maximum atomic E-state index is 6.21. The Hall–Kier alpha value is -1.81. The van der Waals surface area contributed by atoms with Crippen molar-refractivity contribution in [3.05, 3.63) is 46.7 Å². The number of nitrogens with one attached hydrogen (secondary N) is 1. The molecule has 0 aliphatic heterocycles. The van der Waals surface area contributed by atoms with Gasteiger partial charge >= 0.3 is 0 Å². The molecule has 104 valence electrons. The first-order chi connectivity index (χ1) is 9.63. The number of aromatic nitrogens is 2. The smallest absolute Gasteiger partial charge is 0.136 e. The van der Waals surface area contributed by atoms with Crippen molar-refractivity contribution in [1.29, 1.82) is 0 Å². The van der Waals surface area contributed by atoms with Gasteiger partial charge in [0.25, 0.3) is 0 Å². The van der Waals surface area contributed by atoms with Gasteiger partial charge in [-0.3, -0.25) is 0 Å². The lowest BCUT2D eigenvalue weighted by molar-refractivity contribution is 0.856. The third-order valence-corrected chi connectivity index (χ3v) is 3.79. The first-order valence-corrected chi connectivity index (χ1v) is 7.16. The zero-order chi connectivity index (χ0) is 14.1. The molecule has 20 heavy (non-hydrogen) atoms. The van der Waals surface area contributed by atoms with E-state index in [9.17, 15) is 0 Å². The number of nitrogen functional groups attached to an aromatic ring is 1. The summed E-state index contributed by atoms with van der Waals surface area (Å²) in [6.07, 6.45) is 2.31. The molecule has 1 heterocycles. The highest BCUT2D eigenvalue weighted by molar-refractivity contribution is 6.31. The Morgan fingerprint density at radius 1 is 1.30 bits per heavy atom. The van der Waals surface area contributed by atoms with E-state index in [1.165, 1.54) is 0 Å². The molecule has 1 saturated carbocycles. The van der Waals surface area contributed by atoms with Gasteiger partial charge in [-0.05, 0) is 31.4 Å². The summed E-state index contributed by atoms with van der Waals surface area (Å²) in [6, 6.07) is 9.62. The topological polar surface area (TPSA) is 63.8 Å². The number of rotatable bonds is 4. The highest BCUT2D eigenvalue weighted by Crippen LogP contribution is 2.38. The Morgan fingerprint density at radius 2 is 2.05 bits per heavy atom. The fourth-order valence-electron chi connectivity index (χ4n) is 2.21. The van der Waals surface area contributed by atoms with Crippen molar-refractivity contribution in [3.63, 3.8) is 0 Å². The standard InChI is InChI=1S/C15H17ClN4/c1-9(11-4-2-3-5-12(11)16)18-14-8-13(17)19-15(20-14)10-6-7-10/h2-5,8-10H,6-7H2,1H3,(H3,17,18,19,20). The summed E-state index contributed by atoms with van der Waals surface area (Å²) in [5, 5.41) is 4.09. The normalized spacial score (nSPS) is 15.9. The molecule has 2 aromatic rings. The van der Waals surface area contributed by atoms with Crippen LogP contribution in [-0.4, -0.2) is 9.97 Å². The summed E-state index contributed by atoms with van der Waals surface area (Å²) in [6.45, 7) is 2.05. The largest absolute Gasteiger partial charge is 0.384 e. The van der Waals surface area contributed by atoms with E-state index in [4.69, 9.17) is 17.3 Å². The molecule has 1 unspecified atom stereocenters. The van der Waals surface area contributed by atoms with E-state index < -0.39 is 0 Å².